The molecule has 0 radical (unpaired) electrons. The van der Waals surface area contributed by atoms with E-state index in [0.29, 0.717) is 12.4 Å². The first-order valence-electron chi connectivity index (χ1n) is 4.74. The highest BCUT2D eigenvalue weighted by atomic mass is 35.5. The molecule has 0 aliphatic heterocycles. The Morgan fingerprint density at radius 1 is 1.38 bits per heavy atom. The summed E-state index contributed by atoms with van der Waals surface area (Å²) in [5.41, 5.74) is 0.154. The number of halogens is 2. The first-order valence-corrected chi connectivity index (χ1v) is 5.28. The highest BCUT2D eigenvalue weighted by Crippen LogP contribution is 2.11. The van der Waals surface area contributed by atoms with Crippen LogP contribution in [-0.4, -0.2) is 18.5 Å². The molecule has 0 saturated carbocycles. The zero-order valence-electron chi connectivity index (χ0n) is 8.54. The number of hydrogen-bond acceptors (Lipinski definition) is 1. The summed E-state index contributed by atoms with van der Waals surface area (Å²) >= 11 is 5.40. The standard InChI is InChI=1S/C11H12ClFN2O/c12-7-3-4-8-14-11(16)15-10-6-2-1-5-9(10)13/h1-6H,7-8H2,(H2,14,15,16)/b4-3+. The lowest BCUT2D eigenvalue weighted by molar-refractivity contribution is 0.253. The molecule has 1 aromatic rings. The van der Waals surface area contributed by atoms with Crippen LogP contribution in [0, 0.1) is 5.82 Å². The summed E-state index contributed by atoms with van der Waals surface area (Å²) in [6.45, 7) is 0.354. The molecule has 0 unspecified atom stereocenters. The van der Waals surface area contributed by atoms with Crippen molar-refractivity contribution < 1.29 is 9.18 Å². The maximum absolute atomic E-state index is 13.1. The van der Waals surface area contributed by atoms with Crippen LogP contribution in [0.15, 0.2) is 36.4 Å². The maximum atomic E-state index is 13.1. The Bertz CT molecular complexity index is 382. The number of alkyl halides is 1. The zero-order valence-corrected chi connectivity index (χ0v) is 9.30. The van der Waals surface area contributed by atoms with Crippen molar-refractivity contribution >= 4 is 23.3 Å². The van der Waals surface area contributed by atoms with Crippen LogP contribution >= 0.6 is 11.6 Å². The van der Waals surface area contributed by atoms with Gasteiger partial charge in [-0.1, -0.05) is 24.3 Å². The second-order valence-electron chi connectivity index (χ2n) is 2.94. The summed E-state index contributed by atoms with van der Waals surface area (Å²) in [6.07, 6.45) is 3.43. The van der Waals surface area contributed by atoms with Crippen molar-refractivity contribution in [2.45, 2.75) is 0 Å². The number of allylic oxidation sites excluding steroid dienone is 1. The number of nitrogens with one attached hydrogen (secondary N) is 2. The van der Waals surface area contributed by atoms with Gasteiger partial charge in [0.05, 0.1) is 5.69 Å². The van der Waals surface area contributed by atoms with Crippen LogP contribution < -0.4 is 10.6 Å². The average Bonchev–Trinajstić information content (AvgIpc) is 2.28. The van der Waals surface area contributed by atoms with Crippen molar-refractivity contribution in [2.75, 3.05) is 17.7 Å². The fraction of sp³-hybridized carbons (Fsp3) is 0.182. The van der Waals surface area contributed by atoms with Crippen LogP contribution in [-0.2, 0) is 0 Å². The molecule has 0 heterocycles. The largest absolute Gasteiger partial charge is 0.334 e. The predicted molar refractivity (Wildman–Crippen MR) is 63.3 cm³/mol. The minimum Gasteiger partial charge on any atom is -0.334 e. The molecule has 0 aliphatic carbocycles. The van der Waals surface area contributed by atoms with E-state index in [4.69, 9.17) is 11.6 Å². The van der Waals surface area contributed by atoms with Gasteiger partial charge in [-0.3, -0.25) is 0 Å². The summed E-state index contributed by atoms with van der Waals surface area (Å²) in [7, 11) is 0. The Hall–Kier alpha value is -1.55. The predicted octanol–water partition coefficient (Wildman–Crippen LogP) is 2.74. The van der Waals surface area contributed by atoms with Crippen molar-refractivity contribution in [3.63, 3.8) is 0 Å². The van der Waals surface area contributed by atoms with Gasteiger partial charge in [0, 0.05) is 12.4 Å². The number of carbonyl (C=O) groups excluding carboxylic acids is 1. The van der Waals surface area contributed by atoms with Gasteiger partial charge in [0.25, 0.3) is 0 Å². The number of rotatable bonds is 4. The maximum Gasteiger partial charge on any atom is 0.319 e. The Morgan fingerprint density at radius 3 is 2.81 bits per heavy atom. The number of urea groups is 1. The summed E-state index contributed by atoms with van der Waals surface area (Å²) < 4.78 is 13.1. The second kappa shape index (κ2) is 6.85. The molecule has 86 valence electrons. The normalized spacial score (nSPS) is 10.4. The molecular weight excluding hydrogens is 231 g/mol. The van der Waals surface area contributed by atoms with Gasteiger partial charge in [0.15, 0.2) is 0 Å². The molecule has 3 nitrogen and oxygen atoms in total. The van der Waals surface area contributed by atoms with E-state index in [1.54, 1.807) is 24.3 Å². The number of para-hydroxylation sites is 1. The van der Waals surface area contributed by atoms with Gasteiger partial charge in [-0.05, 0) is 12.1 Å². The highest BCUT2D eigenvalue weighted by molar-refractivity contribution is 6.18. The molecule has 16 heavy (non-hydrogen) atoms. The lowest BCUT2D eigenvalue weighted by atomic mass is 10.3. The minimum atomic E-state index is -0.464. The van der Waals surface area contributed by atoms with Gasteiger partial charge in [0.2, 0.25) is 0 Å². The SMILES string of the molecule is O=C(NC/C=C/CCl)Nc1ccccc1F. The number of benzene rings is 1. The van der Waals surface area contributed by atoms with Crippen LogP contribution in [0.3, 0.4) is 0 Å². The minimum absolute atomic E-state index is 0.154. The van der Waals surface area contributed by atoms with Crippen LogP contribution in [0.4, 0.5) is 14.9 Å². The molecule has 1 aromatic carbocycles. The Labute approximate surface area is 98.3 Å². The van der Waals surface area contributed by atoms with Gasteiger partial charge >= 0.3 is 6.03 Å². The molecule has 0 aliphatic rings. The highest BCUT2D eigenvalue weighted by Gasteiger charge is 2.03. The topological polar surface area (TPSA) is 41.1 Å². The Balaban J connectivity index is 2.40. The van der Waals surface area contributed by atoms with Crippen molar-refractivity contribution in [3.05, 3.63) is 42.2 Å². The molecule has 0 spiro atoms. The fourth-order valence-corrected chi connectivity index (χ4v) is 1.15. The molecule has 2 amide bonds. The molecular formula is C11H12ClFN2O. The monoisotopic (exact) mass is 242 g/mol. The first kappa shape index (κ1) is 12.5. The molecule has 0 saturated heterocycles. The molecule has 0 aromatic heterocycles. The molecule has 0 fully saturated rings. The summed E-state index contributed by atoms with van der Waals surface area (Å²) in [5.74, 6) is -0.0645. The van der Waals surface area contributed by atoms with Crippen LogP contribution in [0.1, 0.15) is 0 Å². The third-order valence-corrected chi connectivity index (χ3v) is 1.94. The van der Waals surface area contributed by atoms with Crippen LogP contribution in [0.25, 0.3) is 0 Å². The summed E-state index contributed by atoms with van der Waals surface area (Å²) in [4.78, 5) is 11.3. The second-order valence-corrected chi connectivity index (χ2v) is 3.25. The number of hydrogen-bond donors (Lipinski definition) is 2. The van der Waals surface area contributed by atoms with Crippen molar-refractivity contribution in [2.24, 2.45) is 0 Å². The van der Waals surface area contributed by atoms with Crippen molar-refractivity contribution in [1.29, 1.82) is 0 Å². The van der Waals surface area contributed by atoms with E-state index in [-0.39, 0.29) is 5.69 Å². The Kier molecular flexibility index (Phi) is 5.36. The van der Waals surface area contributed by atoms with Gasteiger partial charge in [0.1, 0.15) is 5.82 Å². The van der Waals surface area contributed by atoms with Crippen LogP contribution in [0.5, 0.6) is 0 Å². The molecule has 0 atom stereocenters. The first-order chi connectivity index (χ1) is 7.74. The summed E-state index contributed by atoms with van der Waals surface area (Å²) in [5, 5.41) is 4.93. The van der Waals surface area contributed by atoms with Gasteiger partial charge in [-0.2, -0.15) is 0 Å². The molecule has 2 N–H and O–H groups in total. The zero-order chi connectivity index (χ0) is 11.8. The third kappa shape index (κ3) is 4.31. The number of anilines is 1. The van der Waals surface area contributed by atoms with E-state index < -0.39 is 11.8 Å². The quantitative estimate of drug-likeness (QED) is 0.619. The van der Waals surface area contributed by atoms with Gasteiger partial charge in [-0.15, -0.1) is 11.6 Å². The molecule has 0 bridgehead atoms. The third-order valence-electron chi connectivity index (χ3n) is 1.76. The molecule has 1 rings (SSSR count). The van der Waals surface area contributed by atoms with Crippen molar-refractivity contribution in [3.8, 4) is 0 Å². The Morgan fingerprint density at radius 2 is 2.12 bits per heavy atom. The lowest BCUT2D eigenvalue weighted by Gasteiger charge is -2.06. The molecule has 5 heteroatoms. The summed E-state index contributed by atoms with van der Waals surface area (Å²) in [6, 6.07) is 5.52. The average molecular weight is 243 g/mol. The lowest BCUT2D eigenvalue weighted by Crippen LogP contribution is -2.29. The van der Waals surface area contributed by atoms with E-state index in [0.717, 1.165) is 0 Å². The van der Waals surface area contributed by atoms with E-state index in [1.807, 2.05) is 0 Å². The van der Waals surface area contributed by atoms with E-state index in [2.05, 4.69) is 10.6 Å². The number of amides is 2. The van der Waals surface area contributed by atoms with Crippen molar-refractivity contribution in [1.82, 2.24) is 5.32 Å². The van der Waals surface area contributed by atoms with E-state index in [1.165, 1.54) is 12.1 Å². The van der Waals surface area contributed by atoms with E-state index in [9.17, 15) is 9.18 Å². The fourth-order valence-electron chi connectivity index (χ4n) is 1.03. The smallest absolute Gasteiger partial charge is 0.319 e. The van der Waals surface area contributed by atoms with E-state index >= 15 is 0 Å². The van der Waals surface area contributed by atoms with Gasteiger partial charge in [-0.25, -0.2) is 9.18 Å². The van der Waals surface area contributed by atoms with Crippen LogP contribution in [0.2, 0.25) is 0 Å². The van der Waals surface area contributed by atoms with Gasteiger partial charge < -0.3 is 10.6 Å². The number of carbonyl (C=O) groups is 1.